The first kappa shape index (κ1) is 111. The molecule has 0 unspecified atom stereocenters. The summed E-state index contributed by atoms with van der Waals surface area (Å²) in [5, 5.41) is 167. The van der Waals surface area contributed by atoms with Crippen LogP contribution >= 0.6 is 0 Å². The molecule has 20 nitrogen and oxygen atoms in total. The predicted octanol–water partition coefficient (Wildman–Crippen LogP) is 2.96. The van der Waals surface area contributed by atoms with Crippen molar-refractivity contribution < 1.29 is 140 Å². The number of hydrogen-bond donors (Lipinski definition) is 8. The Balaban J connectivity index is -0.000000272. The molecule has 24 heteroatoms. The summed E-state index contributed by atoms with van der Waals surface area (Å²) in [6.07, 6.45) is 5.11. The number of benzene rings is 6. The Morgan fingerprint density at radius 1 is 0.231 bits per heavy atom. The zero-order chi connectivity index (χ0) is 75.8. The molecule has 0 bridgehead atoms. The van der Waals surface area contributed by atoms with E-state index in [0.717, 1.165) is 86.1 Å². The smallest absolute Gasteiger partial charge is 0.872 e. The van der Waals surface area contributed by atoms with E-state index in [1.165, 1.54) is 0 Å². The van der Waals surface area contributed by atoms with Crippen molar-refractivity contribution in [3.8, 4) is 34.5 Å². The van der Waals surface area contributed by atoms with Gasteiger partial charge in [-0.15, -0.1) is 74.1 Å². The third-order valence-electron chi connectivity index (χ3n) is 15.1. The maximum absolute atomic E-state index is 11.4. The van der Waals surface area contributed by atoms with Gasteiger partial charge < -0.3 is 103 Å². The predicted molar refractivity (Wildman–Crippen MR) is 381 cm³/mol. The van der Waals surface area contributed by atoms with Gasteiger partial charge in [0.25, 0.3) is 0 Å². The van der Waals surface area contributed by atoms with Gasteiger partial charge in [0.05, 0.1) is 0 Å². The van der Waals surface area contributed by atoms with Gasteiger partial charge in [-0.25, -0.2) is 0 Å². The number of aliphatic hydroxyl groups is 2. The van der Waals surface area contributed by atoms with Gasteiger partial charge in [0.15, 0.2) is 0 Å². The first-order valence-corrected chi connectivity index (χ1v) is 35.1. The van der Waals surface area contributed by atoms with Crippen molar-refractivity contribution in [2.24, 2.45) is 35.5 Å². The Kier molecular flexibility index (Phi) is 74.8. The molecular weight excluding hydrogens is 1490 g/mol. The largest absolute Gasteiger partial charge is 5.00 e. The second-order valence-corrected chi connectivity index (χ2v) is 26.9. The van der Waals surface area contributed by atoms with E-state index in [1.54, 1.807) is 109 Å². The van der Waals surface area contributed by atoms with Crippen LogP contribution in [0.3, 0.4) is 0 Å². The van der Waals surface area contributed by atoms with Crippen LogP contribution in [0, 0.1) is 35.5 Å². The van der Waals surface area contributed by atoms with Crippen molar-refractivity contribution in [3.05, 3.63) is 179 Å². The van der Waals surface area contributed by atoms with Crippen molar-refractivity contribution in [1.82, 2.24) is 31.9 Å². The van der Waals surface area contributed by atoms with Crippen LogP contribution in [0.25, 0.3) is 0 Å². The Morgan fingerprint density at radius 2 is 0.337 bits per heavy atom. The van der Waals surface area contributed by atoms with E-state index in [4.69, 9.17) is 10.2 Å². The first-order chi connectivity index (χ1) is 47.8. The van der Waals surface area contributed by atoms with Crippen LogP contribution in [0.5, 0.6) is 34.5 Å². The third-order valence-corrected chi connectivity index (χ3v) is 15.1. The molecule has 0 aliphatic rings. The van der Waals surface area contributed by atoms with E-state index in [2.05, 4.69) is 115 Å². The molecule has 0 spiro atoms. The SMILES string of the molecule is CC(C)C[C@@H](C[O-])NCc1ccccc1[O-].CC(C)C[C@@H](C[O-])NCc1ccccc1[O-].CC(C)C[C@@H](C[O-])NCc1ccccc1[O-].CC(C)C[C@@H](C[O-])NCc1ccccc1[O-].CC(C)C[C@@H](C[O-])NCc1ccccc1[O-].CC(C)C[C@@H](C[O-])NCc1ccccc1[O-].CO.CO.[Fe+3].[Fe+5].[Fe+5].[Fe+5]. The summed E-state index contributed by atoms with van der Waals surface area (Å²) in [7, 11) is 2.00. The molecule has 0 aliphatic carbocycles. The molecule has 6 rings (SSSR count). The van der Waals surface area contributed by atoms with Crippen LogP contribution in [0.2, 0.25) is 0 Å². The topological polar surface area (TPSA) is 389 Å². The quantitative estimate of drug-likeness (QED) is 0.0262. The molecule has 0 fully saturated rings. The normalized spacial score (nSPS) is 12.1. The fourth-order valence-corrected chi connectivity index (χ4v) is 10.1. The minimum Gasteiger partial charge on any atom is -0.872 e. The van der Waals surface area contributed by atoms with Crippen LogP contribution in [0.15, 0.2) is 146 Å². The third kappa shape index (κ3) is 56.0. The molecular formula is C80H122Fe4N6O14+6. The Bertz CT molecular complexity index is 2400. The fraction of sp³-hybridized carbons (Fsp3) is 0.550. The van der Waals surface area contributed by atoms with Crippen LogP contribution in [0.4, 0.5) is 0 Å². The maximum atomic E-state index is 11.4. The van der Waals surface area contributed by atoms with Gasteiger partial charge in [-0.2, -0.15) is 0 Å². The van der Waals surface area contributed by atoms with E-state index in [1.807, 2.05) is 36.4 Å². The second kappa shape index (κ2) is 70.3. The molecule has 8 N–H and O–H groups in total. The van der Waals surface area contributed by atoms with Gasteiger partial charge in [-0.1, -0.05) is 229 Å². The molecule has 4 radical (unpaired) electrons. The van der Waals surface area contributed by atoms with E-state index >= 15 is 0 Å². The standard InChI is InChI=1S/6C13H20NO2.2CH4O.4Fe/c6*1-10(2)7-12(9-15)14-8-11-5-3-4-6-13(11)16;2*1-2;;;;/h6*3-6,10,12,14,16H,7-9H2,1-2H3;2*2H,1H3;;;;/q6*-1;;;+3;3*+5/p-6/t6*12-;;;;;;/m000000....../s1. The zero-order valence-corrected chi connectivity index (χ0v) is 68.1. The molecule has 6 aromatic carbocycles. The molecule has 0 aromatic heterocycles. The monoisotopic (exact) mass is 1610 g/mol. The van der Waals surface area contributed by atoms with Crippen molar-refractivity contribution in [2.75, 3.05) is 53.9 Å². The molecule has 0 saturated heterocycles. The molecule has 104 heavy (non-hydrogen) atoms. The molecule has 0 heterocycles. The summed E-state index contributed by atoms with van der Waals surface area (Å²) < 4.78 is 0. The van der Waals surface area contributed by atoms with Gasteiger partial charge in [0.1, 0.15) is 0 Å². The molecule has 6 atom stereocenters. The number of aliphatic hydroxyl groups excluding tert-OH is 2. The summed E-state index contributed by atoms with van der Waals surface area (Å²) in [4.78, 5) is 0. The van der Waals surface area contributed by atoms with Gasteiger partial charge >= 0.3 is 68.3 Å². The summed E-state index contributed by atoms with van der Waals surface area (Å²) in [6, 6.07) is 41.2. The van der Waals surface area contributed by atoms with Gasteiger partial charge in [-0.3, -0.25) is 0 Å². The van der Waals surface area contributed by atoms with E-state index in [-0.39, 0.29) is 179 Å². The molecule has 582 valence electrons. The van der Waals surface area contributed by atoms with E-state index in [0.29, 0.717) is 74.8 Å². The van der Waals surface area contributed by atoms with Gasteiger partial charge in [0, 0.05) is 53.5 Å². The Hall–Kier alpha value is -4.36. The average Bonchev–Trinajstić information content (AvgIpc) is 0.957. The summed E-state index contributed by atoms with van der Waals surface area (Å²) >= 11 is 0. The van der Waals surface area contributed by atoms with E-state index in [9.17, 15) is 61.3 Å². The summed E-state index contributed by atoms with van der Waals surface area (Å²) in [6.45, 7) is 27.1. The van der Waals surface area contributed by atoms with E-state index < -0.39 is 0 Å². The number of nitrogens with one attached hydrogen (secondary N) is 6. The molecule has 0 aliphatic heterocycles. The number of rotatable bonds is 36. The average molecular weight is 1620 g/mol. The molecule has 0 amide bonds. The van der Waals surface area contributed by atoms with Crippen molar-refractivity contribution in [3.63, 3.8) is 0 Å². The number of para-hydroxylation sites is 6. The minimum atomic E-state index is -0.140. The summed E-state index contributed by atoms with van der Waals surface area (Å²) in [5.41, 5.74) is 4.36. The zero-order valence-electron chi connectivity index (χ0n) is 63.7. The summed E-state index contributed by atoms with van der Waals surface area (Å²) in [5.74, 6) is 3.16. The number of hydrogen-bond acceptors (Lipinski definition) is 20. The minimum absolute atomic E-state index is 0. The molecule has 6 aromatic rings. The maximum Gasteiger partial charge on any atom is 5.00 e. The van der Waals surface area contributed by atoms with Crippen molar-refractivity contribution in [1.29, 1.82) is 0 Å². The van der Waals surface area contributed by atoms with Crippen LogP contribution in [-0.2, 0) is 108 Å². The van der Waals surface area contributed by atoms with Crippen LogP contribution < -0.4 is 93.2 Å². The van der Waals surface area contributed by atoms with Gasteiger partial charge in [-0.05, 0) is 144 Å². The Morgan fingerprint density at radius 3 is 0.423 bits per heavy atom. The van der Waals surface area contributed by atoms with Crippen LogP contribution in [0.1, 0.15) is 155 Å². The van der Waals surface area contributed by atoms with Crippen molar-refractivity contribution in [2.45, 2.75) is 197 Å². The first-order valence-electron chi connectivity index (χ1n) is 35.1. The van der Waals surface area contributed by atoms with Crippen molar-refractivity contribution >= 4 is 0 Å². The fourth-order valence-electron chi connectivity index (χ4n) is 10.1. The Labute approximate surface area is 667 Å². The molecule has 0 saturated carbocycles. The van der Waals surface area contributed by atoms with Crippen LogP contribution in [-0.4, -0.2) is 100 Å². The second-order valence-electron chi connectivity index (χ2n) is 26.9. The van der Waals surface area contributed by atoms with Gasteiger partial charge in [0.2, 0.25) is 0 Å².